The maximum Gasteiger partial charge on any atom is 0.254 e. The zero-order valence-electron chi connectivity index (χ0n) is 20.1. The minimum absolute atomic E-state index is 0.0345. The number of ether oxygens (including phenoxy) is 2. The molecule has 3 aliphatic heterocycles. The summed E-state index contributed by atoms with van der Waals surface area (Å²) in [6.07, 6.45) is 1.74. The number of amides is 2. The zero-order chi connectivity index (χ0) is 24.5. The molecule has 186 valence electrons. The van der Waals surface area contributed by atoms with Gasteiger partial charge in [-0.1, -0.05) is 30.3 Å². The van der Waals surface area contributed by atoms with Gasteiger partial charge >= 0.3 is 0 Å². The van der Waals surface area contributed by atoms with E-state index in [1.807, 2.05) is 27.2 Å². The van der Waals surface area contributed by atoms with Crippen LogP contribution in [0.4, 0.5) is 0 Å². The van der Waals surface area contributed by atoms with Crippen molar-refractivity contribution in [1.82, 2.24) is 14.7 Å². The van der Waals surface area contributed by atoms with Gasteiger partial charge in [0.25, 0.3) is 5.91 Å². The SMILES string of the molecule is O=C(CN1CCc2sccc2[C@H]1c1ccccc1)N1CCCN(C(=O)c2ccc3c(c2)OCO3)CC1. The van der Waals surface area contributed by atoms with Gasteiger partial charge in [-0.25, -0.2) is 0 Å². The second kappa shape index (κ2) is 9.95. The van der Waals surface area contributed by atoms with E-state index in [9.17, 15) is 9.59 Å². The number of hydrogen-bond acceptors (Lipinski definition) is 6. The van der Waals surface area contributed by atoms with E-state index in [1.165, 1.54) is 16.0 Å². The van der Waals surface area contributed by atoms with E-state index < -0.39 is 0 Å². The molecule has 8 heteroatoms. The standard InChI is InChI=1S/C28H29N3O4S/c32-26(18-31-13-9-25-22(10-16-36-25)27(31)20-5-2-1-3-6-20)29-11-4-12-30(15-14-29)28(33)21-7-8-23-24(17-21)35-19-34-23/h1-3,5-8,10,16-17,27H,4,9,11-15,18-19H2/t27-/m1/s1. The molecule has 3 aliphatic rings. The van der Waals surface area contributed by atoms with Crippen LogP contribution in [0.5, 0.6) is 11.5 Å². The maximum absolute atomic E-state index is 13.5. The van der Waals surface area contributed by atoms with E-state index in [0.717, 1.165) is 19.4 Å². The molecule has 3 aromatic rings. The molecular formula is C28H29N3O4S. The molecule has 7 nitrogen and oxygen atoms in total. The van der Waals surface area contributed by atoms with Crippen LogP contribution in [0.1, 0.15) is 38.8 Å². The molecule has 1 saturated heterocycles. The number of rotatable bonds is 4. The number of thiophene rings is 1. The first-order valence-corrected chi connectivity index (χ1v) is 13.4. The fourth-order valence-electron chi connectivity index (χ4n) is 5.42. The second-order valence-corrected chi connectivity index (χ2v) is 10.4. The van der Waals surface area contributed by atoms with Crippen LogP contribution in [0.2, 0.25) is 0 Å². The summed E-state index contributed by atoms with van der Waals surface area (Å²) >= 11 is 1.81. The molecule has 0 N–H and O–H groups in total. The van der Waals surface area contributed by atoms with Gasteiger partial charge in [-0.15, -0.1) is 11.3 Å². The van der Waals surface area contributed by atoms with Crippen LogP contribution < -0.4 is 9.47 Å². The van der Waals surface area contributed by atoms with Gasteiger partial charge < -0.3 is 19.3 Å². The lowest BCUT2D eigenvalue weighted by Gasteiger charge is -2.37. The molecule has 2 amide bonds. The minimum Gasteiger partial charge on any atom is -0.454 e. The summed E-state index contributed by atoms with van der Waals surface area (Å²) in [5.41, 5.74) is 3.13. The average Bonchev–Trinajstić information content (AvgIpc) is 3.51. The largest absolute Gasteiger partial charge is 0.454 e. The van der Waals surface area contributed by atoms with Crippen LogP contribution in [0.3, 0.4) is 0 Å². The van der Waals surface area contributed by atoms with Gasteiger partial charge in [0.2, 0.25) is 12.7 Å². The Labute approximate surface area is 214 Å². The van der Waals surface area contributed by atoms with E-state index in [2.05, 4.69) is 40.6 Å². The van der Waals surface area contributed by atoms with E-state index in [-0.39, 0.29) is 24.6 Å². The van der Waals surface area contributed by atoms with Gasteiger partial charge in [-0.05, 0) is 53.6 Å². The number of carbonyl (C=O) groups is 2. The van der Waals surface area contributed by atoms with E-state index >= 15 is 0 Å². The maximum atomic E-state index is 13.5. The lowest BCUT2D eigenvalue weighted by Crippen LogP contribution is -2.45. The molecule has 0 unspecified atom stereocenters. The monoisotopic (exact) mass is 503 g/mol. The first kappa shape index (κ1) is 23.1. The molecule has 4 heterocycles. The molecule has 0 aliphatic carbocycles. The Bertz CT molecular complexity index is 1260. The lowest BCUT2D eigenvalue weighted by atomic mass is 9.93. The van der Waals surface area contributed by atoms with Crippen LogP contribution >= 0.6 is 11.3 Å². The smallest absolute Gasteiger partial charge is 0.254 e. The molecule has 1 fully saturated rings. The fourth-order valence-corrected chi connectivity index (χ4v) is 6.32. The Morgan fingerprint density at radius 2 is 1.69 bits per heavy atom. The number of fused-ring (bicyclic) bond motifs is 2. The van der Waals surface area contributed by atoms with Gasteiger partial charge in [0.05, 0.1) is 12.6 Å². The summed E-state index contributed by atoms with van der Waals surface area (Å²) in [7, 11) is 0. The third-order valence-corrected chi connectivity index (χ3v) is 8.27. The highest BCUT2D eigenvalue weighted by Crippen LogP contribution is 2.37. The third kappa shape index (κ3) is 4.47. The van der Waals surface area contributed by atoms with Crippen molar-refractivity contribution in [3.05, 3.63) is 81.5 Å². The molecule has 1 aromatic heterocycles. The summed E-state index contributed by atoms with van der Waals surface area (Å²) in [5.74, 6) is 1.37. The quantitative estimate of drug-likeness (QED) is 0.542. The second-order valence-electron chi connectivity index (χ2n) is 9.43. The molecule has 0 bridgehead atoms. The van der Waals surface area contributed by atoms with Crippen molar-refractivity contribution in [1.29, 1.82) is 0 Å². The van der Waals surface area contributed by atoms with Crippen molar-refractivity contribution in [3.8, 4) is 11.5 Å². The lowest BCUT2D eigenvalue weighted by molar-refractivity contribution is -0.132. The first-order valence-electron chi connectivity index (χ1n) is 12.5. The number of benzene rings is 2. The summed E-state index contributed by atoms with van der Waals surface area (Å²) in [5, 5.41) is 2.16. The van der Waals surface area contributed by atoms with Gasteiger partial charge in [0.1, 0.15) is 0 Å². The van der Waals surface area contributed by atoms with E-state index in [4.69, 9.17) is 9.47 Å². The number of nitrogens with zero attached hydrogens (tertiary/aromatic N) is 3. The number of hydrogen-bond donors (Lipinski definition) is 0. The van der Waals surface area contributed by atoms with E-state index in [0.29, 0.717) is 49.8 Å². The van der Waals surface area contributed by atoms with Gasteiger partial charge in [0.15, 0.2) is 11.5 Å². The summed E-state index contributed by atoms with van der Waals surface area (Å²) in [6, 6.07) is 18.1. The Balaban J connectivity index is 1.12. The third-order valence-electron chi connectivity index (χ3n) is 7.27. The predicted octanol–water partition coefficient (Wildman–Crippen LogP) is 3.80. The van der Waals surface area contributed by atoms with Crippen molar-refractivity contribution >= 4 is 23.2 Å². The average molecular weight is 504 g/mol. The normalized spacial score (nSPS) is 19.6. The van der Waals surface area contributed by atoms with Crippen molar-refractivity contribution in [2.75, 3.05) is 46.1 Å². The van der Waals surface area contributed by atoms with Crippen molar-refractivity contribution in [3.63, 3.8) is 0 Å². The molecule has 1 atom stereocenters. The van der Waals surface area contributed by atoms with Crippen LogP contribution in [0.15, 0.2) is 60.0 Å². The summed E-state index contributed by atoms with van der Waals surface area (Å²) in [6.45, 7) is 3.79. The first-order chi connectivity index (χ1) is 17.7. The van der Waals surface area contributed by atoms with Crippen LogP contribution in [-0.2, 0) is 11.2 Å². The molecule has 36 heavy (non-hydrogen) atoms. The van der Waals surface area contributed by atoms with Gasteiger partial charge in [-0.3, -0.25) is 14.5 Å². The van der Waals surface area contributed by atoms with Gasteiger partial charge in [0, 0.05) is 43.2 Å². The molecule has 6 rings (SSSR count). The highest BCUT2D eigenvalue weighted by Gasteiger charge is 2.32. The Kier molecular flexibility index (Phi) is 6.37. The molecule has 0 radical (unpaired) electrons. The topological polar surface area (TPSA) is 62.3 Å². The van der Waals surface area contributed by atoms with Gasteiger partial charge in [-0.2, -0.15) is 0 Å². The minimum atomic E-state index is -0.0345. The Morgan fingerprint density at radius 1 is 0.889 bits per heavy atom. The number of carbonyl (C=O) groups excluding carboxylic acids is 2. The highest BCUT2D eigenvalue weighted by atomic mass is 32.1. The van der Waals surface area contributed by atoms with Crippen LogP contribution in [0.25, 0.3) is 0 Å². The van der Waals surface area contributed by atoms with Crippen molar-refractivity contribution < 1.29 is 19.1 Å². The van der Waals surface area contributed by atoms with E-state index in [1.54, 1.807) is 18.2 Å². The molecule has 0 spiro atoms. The Morgan fingerprint density at radius 3 is 2.58 bits per heavy atom. The fraction of sp³-hybridized carbons (Fsp3) is 0.357. The predicted molar refractivity (Wildman–Crippen MR) is 138 cm³/mol. The summed E-state index contributed by atoms with van der Waals surface area (Å²) in [4.78, 5) is 34.1. The van der Waals surface area contributed by atoms with Crippen LogP contribution in [0, 0.1) is 0 Å². The highest BCUT2D eigenvalue weighted by molar-refractivity contribution is 7.10. The van der Waals surface area contributed by atoms with Crippen molar-refractivity contribution in [2.45, 2.75) is 18.9 Å². The Hall–Kier alpha value is -3.36. The molecule has 2 aromatic carbocycles. The molecule has 0 saturated carbocycles. The molecular weight excluding hydrogens is 474 g/mol. The summed E-state index contributed by atoms with van der Waals surface area (Å²) < 4.78 is 10.8. The zero-order valence-corrected chi connectivity index (χ0v) is 20.9. The van der Waals surface area contributed by atoms with Crippen molar-refractivity contribution in [2.24, 2.45) is 0 Å². The van der Waals surface area contributed by atoms with Crippen LogP contribution in [-0.4, -0.2) is 72.6 Å².